The van der Waals surface area contributed by atoms with Crippen LogP contribution in [0, 0.1) is 0 Å². The van der Waals surface area contributed by atoms with Gasteiger partial charge in [0.25, 0.3) is 0 Å². The van der Waals surface area contributed by atoms with Crippen molar-refractivity contribution in [3.63, 3.8) is 0 Å². The van der Waals surface area contributed by atoms with Gasteiger partial charge in [0.1, 0.15) is 0 Å². The summed E-state index contributed by atoms with van der Waals surface area (Å²) in [5.74, 6) is 0. The van der Waals surface area contributed by atoms with Crippen LogP contribution in [0.2, 0.25) is 0 Å². The molecule has 0 saturated carbocycles. The summed E-state index contributed by atoms with van der Waals surface area (Å²) in [7, 11) is 0.750. The minimum Gasteiger partial charge on any atom is -0.857 e. The third kappa shape index (κ3) is 66.3. The third-order valence-corrected chi connectivity index (χ3v) is 17.9. The van der Waals surface area contributed by atoms with Crippen LogP contribution in [0.15, 0.2) is 0 Å². The minimum absolute atomic E-state index is 0.750. The van der Waals surface area contributed by atoms with E-state index in [-0.39, 0.29) is 0 Å². The smallest absolute Gasteiger partial charge is 0.0786 e. The van der Waals surface area contributed by atoms with Crippen molar-refractivity contribution in [1.29, 1.82) is 0 Å². The van der Waals surface area contributed by atoms with E-state index in [1.807, 2.05) is 0 Å². The Morgan fingerprint density at radius 2 is 0.213 bits per heavy atom. The zero-order valence-electron chi connectivity index (χ0n) is 53.9. The van der Waals surface area contributed by atoms with Crippen molar-refractivity contribution in [3.05, 3.63) is 0 Å². The van der Waals surface area contributed by atoms with Crippen LogP contribution in [0.4, 0.5) is 0 Å². The van der Waals surface area contributed by atoms with E-state index in [4.69, 9.17) is 5.11 Å². The molecular formula is C73H151NO. The molecular weight excluding hydrogens is 907 g/mol. The molecule has 0 fully saturated rings. The summed E-state index contributed by atoms with van der Waals surface area (Å²) in [6.07, 6.45) is 94.7. The van der Waals surface area contributed by atoms with Crippen molar-refractivity contribution in [3.8, 4) is 0 Å². The molecule has 0 amide bonds. The lowest BCUT2D eigenvalue weighted by atomic mass is 10.0. The molecule has 0 rings (SSSR count). The van der Waals surface area contributed by atoms with E-state index in [2.05, 4.69) is 27.7 Å². The quantitative estimate of drug-likeness (QED) is 0.0440. The maximum absolute atomic E-state index is 8.25. The van der Waals surface area contributed by atoms with Crippen LogP contribution in [0.3, 0.4) is 0 Å². The van der Waals surface area contributed by atoms with E-state index >= 15 is 0 Å². The van der Waals surface area contributed by atoms with Crippen LogP contribution in [-0.2, 0) is 0 Å². The summed E-state index contributed by atoms with van der Waals surface area (Å²) >= 11 is 0. The van der Waals surface area contributed by atoms with Crippen LogP contribution in [0.25, 0.3) is 0 Å². The second kappa shape index (κ2) is 71.9. The summed E-state index contributed by atoms with van der Waals surface area (Å²) < 4.78 is 1.49. The van der Waals surface area contributed by atoms with Gasteiger partial charge in [-0.05, 0) is 51.4 Å². The van der Waals surface area contributed by atoms with Gasteiger partial charge >= 0.3 is 0 Å². The number of unbranched alkanes of at least 4 members (excludes halogenated alkanes) is 60. The number of rotatable bonds is 68. The third-order valence-electron chi connectivity index (χ3n) is 17.9. The normalized spacial score (nSPS) is 11.8. The molecule has 0 aliphatic rings. The van der Waals surface area contributed by atoms with Gasteiger partial charge in [-0.1, -0.05) is 387 Å². The Morgan fingerprint density at radius 3 is 0.307 bits per heavy atom. The highest BCUT2D eigenvalue weighted by Gasteiger charge is 2.26. The van der Waals surface area contributed by atoms with Gasteiger partial charge in [-0.3, -0.25) is 0 Å². The molecule has 0 aromatic rings. The monoisotopic (exact) mass is 1060 g/mol. The molecule has 454 valence electrons. The lowest BCUT2D eigenvalue weighted by Crippen LogP contribution is -2.50. The van der Waals surface area contributed by atoms with Gasteiger partial charge in [0.05, 0.1) is 26.2 Å². The van der Waals surface area contributed by atoms with Crippen LogP contribution < -0.4 is 5.11 Å². The molecule has 0 aromatic carbocycles. The lowest BCUT2D eigenvalue weighted by molar-refractivity contribution is -0.929. The Labute approximate surface area is 479 Å². The summed E-state index contributed by atoms with van der Waals surface area (Å²) in [5, 5.41) is 8.25. The summed E-state index contributed by atoms with van der Waals surface area (Å²) in [6.45, 7) is 15.3. The first-order chi connectivity index (χ1) is 37.2. The lowest BCUT2D eigenvalue weighted by Gasteiger charge is -2.40. The topological polar surface area (TPSA) is 23.1 Å². The zero-order chi connectivity index (χ0) is 54.6. The average Bonchev–Trinajstić information content (AvgIpc) is 3.43. The maximum Gasteiger partial charge on any atom is 0.0786 e. The van der Waals surface area contributed by atoms with Crippen molar-refractivity contribution >= 4 is 0 Å². The molecule has 0 saturated heterocycles. The van der Waals surface area contributed by atoms with E-state index < -0.39 is 0 Å². The molecule has 0 bridgehead atoms. The van der Waals surface area contributed by atoms with Crippen molar-refractivity contribution < 1.29 is 9.59 Å². The molecule has 0 spiro atoms. The average molecular weight is 1060 g/mol. The molecule has 0 N–H and O–H groups in total. The highest BCUT2D eigenvalue weighted by Crippen LogP contribution is 2.23. The fourth-order valence-corrected chi connectivity index (χ4v) is 12.7. The number of nitrogens with zero attached hydrogens (tertiary/aromatic N) is 1. The van der Waals surface area contributed by atoms with E-state index in [9.17, 15) is 0 Å². The van der Waals surface area contributed by atoms with Crippen molar-refractivity contribution in [2.24, 2.45) is 0 Å². The fraction of sp³-hybridized carbons (Fsp3) is 1.00. The molecule has 0 aromatic heterocycles. The number of hydrogen-bond donors (Lipinski definition) is 0. The predicted molar refractivity (Wildman–Crippen MR) is 344 cm³/mol. The first kappa shape index (κ1) is 77.0. The Hall–Kier alpha value is -0.0800. The van der Waals surface area contributed by atoms with Crippen LogP contribution in [0.5, 0.6) is 0 Å². The van der Waals surface area contributed by atoms with Gasteiger partial charge in [0.2, 0.25) is 0 Å². The Morgan fingerprint density at radius 1 is 0.133 bits per heavy atom. The molecule has 75 heavy (non-hydrogen) atoms. The van der Waals surface area contributed by atoms with Crippen molar-refractivity contribution in [2.45, 2.75) is 439 Å². The standard InChI is InChI=1S/C72H148N.CH3O/c1-5-9-13-17-21-25-29-33-37-41-45-49-53-57-61-65-69-73(70-66-62-58-54-50-46-42-38-34-30-26-22-18-14-10-6-2,71-67-63-59-55-51-47-43-39-35-31-27-23-19-15-11-7-3)72-68-64-60-56-52-48-44-40-36-32-28-24-20-16-12-8-4;1-2/h5-72H2,1-4H3;1H3/q+1;-1. The molecule has 2 heteroatoms. The molecule has 0 heterocycles. The van der Waals surface area contributed by atoms with Crippen LogP contribution in [0.1, 0.15) is 439 Å². The van der Waals surface area contributed by atoms with Gasteiger partial charge in [0, 0.05) is 0 Å². The van der Waals surface area contributed by atoms with Gasteiger partial charge in [-0.15, -0.1) is 0 Å². The minimum atomic E-state index is 0.750. The zero-order valence-corrected chi connectivity index (χ0v) is 53.9. The Balaban J connectivity index is 0. The largest absolute Gasteiger partial charge is 0.857 e. The summed E-state index contributed by atoms with van der Waals surface area (Å²) in [5.41, 5.74) is 0. The second-order valence-corrected chi connectivity index (χ2v) is 25.4. The van der Waals surface area contributed by atoms with Crippen LogP contribution in [-0.4, -0.2) is 37.8 Å². The van der Waals surface area contributed by atoms with E-state index in [1.165, 1.54) is 442 Å². The first-order valence-corrected chi connectivity index (χ1v) is 36.5. The molecule has 0 radical (unpaired) electrons. The SMILES string of the molecule is CCCCCCCCCCCCCCCCCC[N+](CCCCCCCCCCCCCCCCCC)(CCCCCCCCCCCCCCCCCC)CCCCCCCCCCCCCCCCCC.C[O-]. The molecule has 0 unspecified atom stereocenters. The van der Waals surface area contributed by atoms with Crippen molar-refractivity contribution in [2.75, 3.05) is 33.3 Å². The predicted octanol–water partition coefficient (Wildman–Crippen LogP) is 25.8. The summed E-state index contributed by atoms with van der Waals surface area (Å²) in [4.78, 5) is 0. The summed E-state index contributed by atoms with van der Waals surface area (Å²) in [6, 6.07) is 0. The Bertz CT molecular complexity index is 783. The van der Waals surface area contributed by atoms with Crippen molar-refractivity contribution in [1.82, 2.24) is 0 Å². The van der Waals surface area contributed by atoms with Gasteiger partial charge in [0.15, 0.2) is 0 Å². The van der Waals surface area contributed by atoms with E-state index in [0.717, 1.165) is 7.11 Å². The van der Waals surface area contributed by atoms with Gasteiger partial charge in [-0.25, -0.2) is 0 Å². The van der Waals surface area contributed by atoms with Crippen LogP contribution >= 0.6 is 0 Å². The van der Waals surface area contributed by atoms with E-state index in [0.29, 0.717) is 0 Å². The van der Waals surface area contributed by atoms with Gasteiger partial charge in [-0.2, -0.15) is 7.11 Å². The fourth-order valence-electron chi connectivity index (χ4n) is 12.7. The number of hydrogen-bond acceptors (Lipinski definition) is 1. The molecule has 0 aliphatic heterocycles. The molecule has 0 atom stereocenters. The number of quaternary nitrogens is 1. The molecule has 2 nitrogen and oxygen atoms in total. The highest BCUT2D eigenvalue weighted by atomic mass is 16.2. The second-order valence-electron chi connectivity index (χ2n) is 25.4. The van der Waals surface area contributed by atoms with E-state index in [1.54, 1.807) is 0 Å². The van der Waals surface area contributed by atoms with Gasteiger partial charge < -0.3 is 9.59 Å². The highest BCUT2D eigenvalue weighted by molar-refractivity contribution is 4.58. The maximum atomic E-state index is 8.25. The molecule has 0 aliphatic carbocycles. The first-order valence-electron chi connectivity index (χ1n) is 36.5. The Kier molecular flexibility index (Phi) is 73.8.